The van der Waals surface area contributed by atoms with Crippen molar-refractivity contribution < 1.29 is 9.90 Å². The molecular weight excluding hydrogens is 326 g/mol. The number of carbonyl (C=O) groups excluding carboxylic acids is 1. The maximum Gasteiger partial charge on any atom is 0.258 e. The van der Waals surface area contributed by atoms with E-state index < -0.39 is 5.60 Å². The third kappa shape index (κ3) is 4.36. The lowest BCUT2D eigenvalue weighted by Crippen LogP contribution is -2.39. The lowest BCUT2D eigenvalue weighted by molar-refractivity contribution is 0.0367. The number of aromatic nitrogens is 2. The van der Waals surface area contributed by atoms with Gasteiger partial charge in [-0.1, -0.05) is 41.4 Å². The Labute approximate surface area is 147 Å². The number of amides is 1. The van der Waals surface area contributed by atoms with Gasteiger partial charge in [0.25, 0.3) is 5.91 Å². The highest BCUT2D eigenvalue weighted by Crippen LogP contribution is 2.23. The van der Waals surface area contributed by atoms with E-state index in [1.165, 1.54) is 10.5 Å². The number of rotatable bonds is 5. The van der Waals surface area contributed by atoms with E-state index in [1.807, 2.05) is 31.2 Å². The molecule has 130 valence electrons. The van der Waals surface area contributed by atoms with Crippen LogP contribution in [0.5, 0.6) is 0 Å². The third-order valence-electron chi connectivity index (χ3n) is 3.70. The monoisotopic (exact) mass is 349 g/mol. The molecule has 24 heavy (non-hydrogen) atoms. The Morgan fingerprint density at radius 1 is 1.29 bits per heavy atom. The van der Waals surface area contributed by atoms with E-state index in [0.717, 1.165) is 5.56 Å². The molecule has 6 heteroatoms. The summed E-state index contributed by atoms with van der Waals surface area (Å²) in [6.45, 7) is 7.83. The smallest absolute Gasteiger partial charge is 0.258 e. The second-order valence-corrected chi connectivity index (χ2v) is 7.23. The van der Waals surface area contributed by atoms with Gasteiger partial charge in [0, 0.05) is 13.6 Å². The van der Waals surface area contributed by atoms with Gasteiger partial charge in [-0.05, 0) is 33.3 Å². The highest BCUT2D eigenvalue weighted by Gasteiger charge is 2.26. The first kappa shape index (κ1) is 18.5. The minimum absolute atomic E-state index is 0.213. The molecule has 0 aliphatic heterocycles. The molecule has 1 aromatic heterocycles. The van der Waals surface area contributed by atoms with Crippen LogP contribution in [0.4, 0.5) is 0 Å². The topological polar surface area (TPSA) is 58.4 Å². The van der Waals surface area contributed by atoms with Gasteiger partial charge in [-0.3, -0.25) is 4.79 Å². The van der Waals surface area contributed by atoms with Crippen molar-refractivity contribution in [3.63, 3.8) is 0 Å². The van der Waals surface area contributed by atoms with Gasteiger partial charge in [-0.25, -0.2) is 4.68 Å². The molecule has 0 unspecified atom stereocenters. The predicted molar refractivity (Wildman–Crippen MR) is 95.5 cm³/mol. The number of benzene rings is 1. The zero-order chi connectivity index (χ0) is 18.1. The van der Waals surface area contributed by atoms with Crippen LogP contribution in [0, 0.1) is 13.8 Å². The molecular formula is C18H24ClN3O2. The van der Waals surface area contributed by atoms with Crippen molar-refractivity contribution in [2.75, 3.05) is 13.6 Å². The fourth-order valence-electron chi connectivity index (χ4n) is 2.61. The maximum atomic E-state index is 12.7. The van der Waals surface area contributed by atoms with Gasteiger partial charge in [0.1, 0.15) is 5.15 Å². The molecule has 1 N–H and O–H groups in total. The molecule has 1 amide bonds. The Hall–Kier alpha value is -1.85. The number of carbonyl (C=O) groups is 1. The van der Waals surface area contributed by atoms with E-state index in [1.54, 1.807) is 32.5 Å². The highest BCUT2D eigenvalue weighted by atomic mass is 35.5. The fourth-order valence-corrected chi connectivity index (χ4v) is 2.93. The number of halogens is 1. The van der Waals surface area contributed by atoms with Crippen LogP contribution < -0.4 is 0 Å². The van der Waals surface area contributed by atoms with Gasteiger partial charge < -0.3 is 10.0 Å². The first-order chi connectivity index (χ1) is 11.1. The van der Waals surface area contributed by atoms with Crippen LogP contribution in [0.3, 0.4) is 0 Å². The quantitative estimate of drug-likeness (QED) is 0.902. The molecule has 1 aromatic carbocycles. The minimum atomic E-state index is -0.970. The molecule has 0 aliphatic carbocycles. The van der Waals surface area contributed by atoms with Crippen molar-refractivity contribution >= 4 is 17.5 Å². The van der Waals surface area contributed by atoms with E-state index in [9.17, 15) is 9.90 Å². The second-order valence-electron chi connectivity index (χ2n) is 6.87. The molecule has 0 spiro atoms. The maximum absolute atomic E-state index is 12.7. The van der Waals surface area contributed by atoms with Gasteiger partial charge in [-0.15, -0.1) is 0 Å². The first-order valence-electron chi connectivity index (χ1n) is 7.85. The van der Waals surface area contributed by atoms with Crippen molar-refractivity contribution in [3.8, 4) is 0 Å². The first-order valence-corrected chi connectivity index (χ1v) is 8.22. The van der Waals surface area contributed by atoms with Crippen LogP contribution >= 0.6 is 11.6 Å². The molecule has 0 atom stereocenters. The van der Waals surface area contributed by atoms with Gasteiger partial charge in [-0.2, -0.15) is 5.10 Å². The lowest BCUT2D eigenvalue weighted by Gasteiger charge is -2.25. The fraction of sp³-hybridized carbons (Fsp3) is 0.444. The molecule has 0 saturated heterocycles. The lowest BCUT2D eigenvalue weighted by atomic mass is 10.1. The molecule has 0 radical (unpaired) electrons. The van der Waals surface area contributed by atoms with E-state index in [-0.39, 0.29) is 12.5 Å². The molecule has 0 saturated carbocycles. The number of hydrogen-bond acceptors (Lipinski definition) is 3. The summed E-state index contributed by atoms with van der Waals surface area (Å²) >= 11 is 6.41. The van der Waals surface area contributed by atoms with Crippen molar-refractivity contribution in [2.45, 2.75) is 39.8 Å². The molecule has 1 heterocycles. The second kappa shape index (κ2) is 6.95. The Kier molecular flexibility index (Phi) is 5.35. The van der Waals surface area contributed by atoms with Gasteiger partial charge >= 0.3 is 0 Å². The summed E-state index contributed by atoms with van der Waals surface area (Å²) in [5.74, 6) is -0.241. The zero-order valence-electron chi connectivity index (χ0n) is 14.8. The minimum Gasteiger partial charge on any atom is -0.389 e. The summed E-state index contributed by atoms with van der Waals surface area (Å²) in [4.78, 5) is 14.1. The molecule has 2 rings (SSSR count). The van der Waals surface area contributed by atoms with E-state index in [0.29, 0.717) is 23.0 Å². The summed E-state index contributed by atoms with van der Waals surface area (Å²) in [6.07, 6.45) is 0. The summed E-state index contributed by atoms with van der Waals surface area (Å²) < 4.78 is 1.63. The average Bonchev–Trinajstić information content (AvgIpc) is 2.73. The largest absolute Gasteiger partial charge is 0.389 e. The molecule has 0 fully saturated rings. The van der Waals surface area contributed by atoms with Crippen molar-refractivity contribution in [2.24, 2.45) is 0 Å². The predicted octanol–water partition coefficient (Wildman–Crippen LogP) is 3.04. The molecule has 2 aromatic rings. The van der Waals surface area contributed by atoms with Crippen molar-refractivity contribution in [3.05, 3.63) is 51.8 Å². The number of aryl methyl sites for hydroxylation is 2. The highest BCUT2D eigenvalue weighted by molar-refractivity contribution is 6.33. The summed E-state index contributed by atoms with van der Waals surface area (Å²) in [6, 6.07) is 8.10. The average molecular weight is 350 g/mol. The Bertz CT molecular complexity index is 730. The van der Waals surface area contributed by atoms with Crippen LogP contribution in [-0.4, -0.2) is 44.9 Å². The van der Waals surface area contributed by atoms with E-state index in [2.05, 4.69) is 5.10 Å². The molecule has 0 aliphatic rings. The standard InChI is InChI=1S/C18H24ClN3O2/c1-12-6-8-14(9-7-12)10-22-16(19)15(13(2)20-22)17(23)21(5)11-18(3,4)24/h6-9,24H,10-11H2,1-5H3. The number of likely N-dealkylation sites (N-methyl/N-ethyl adjacent to an activating group) is 1. The van der Waals surface area contributed by atoms with E-state index >= 15 is 0 Å². The Morgan fingerprint density at radius 2 is 1.88 bits per heavy atom. The van der Waals surface area contributed by atoms with Crippen molar-refractivity contribution in [1.82, 2.24) is 14.7 Å². The number of nitrogens with zero attached hydrogens (tertiary/aromatic N) is 3. The third-order valence-corrected chi connectivity index (χ3v) is 4.09. The normalized spacial score (nSPS) is 11.6. The Balaban J connectivity index is 2.25. The zero-order valence-corrected chi connectivity index (χ0v) is 15.6. The van der Waals surface area contributed by atoms with Gasteiger partial charge in [0.05, 0.1) is 23.4 Å². The van der Waals surface area contributed by atoms with Crippen LogP contribution in [-0.2, 0) is 6.54 Å². The van der Waals surface area contributed by atoms with Crippen LogP contribution in [0.25, 0.3) is 0 Å². The number of aliphatic hydroxyl groups is 1. The van der Waals surface area contributed by atoms with Crippen LogP contribution in [0.1, 0.15) is 41.0 Å². The van der Waals surface area contributed by atoms with Crippen molar-refractivity contribution in [1.29, 1.82) is 0 Å². The SMILES string of the molecule is Cc1ccc(Cn2nc(C)c(C(=O)N(C)CC(C)(C)O)c2Cl)cc1. The molecule has 5 nitrogen and oxygen atoms in total. The molecule has 0 bridgehead atoms. The van der Waals surface area contributed by atoms with Crippen LogP contribution in [0.15, 0.2) is 24.3 Å². The number of hydrogen-bond donors (Lipinski definition) is 1. The summed E-state index contributed by atoms with van der Waals surface area (Å²) in [5.41, 5.74) is 2.25. The van der Waals surface area contributed by atoms with E-state index in [4.69, 9.17) is 11.6 Å². The Morgan fingerprint density at radius 3 is 2.42 bits per heavy atom. The summed E-state index contributed by atoms with van der Waals surface area (Å²) in [5, 5.41) is 14.6. The van der Waals surface area contributed by atoms with Gasteiger partial charge in [0.15, 0.2) is 0 Å². The van der Waals surface area contributed by atoms with Gasteiger partial charge in [0.2, 0.25) is 0 Å². The summed E-state index contributed by atoms with van der Waals surface area (Å²) in [7, 11) is 1.65. The van der Waals surface area contributed by atoms with Crippen LogP contribution in [0.2, 0.25) is 5.15 Å².